The third kappa shape index (κ3) is 3.55. The Morgan fingerprint density at radius 3 is 2.47 bits per heavy atom. The summed E-state index contributed by atoms with van der Waals surface area (Å²) in [6.07, 6.45) is 0.276. The molecule has 1 aliphatic heterocycles. The fourth-order valence-corrected chi connectivity index (χ4v) is 4.30. The number of carboxylic acids is 1. The van der Waals surface area contributed by atoms with E-state index in [-0.39, 0.29) is 19.1 Å². The number of hydrogen-bond donors (Lipinski definition) is 3. The minimum atomic E-state index is -1.72. The van der Waals surface area contributed by atoms with E-state index >= 15 is 8.78 Å². The second-order valence-corrected chi connectivity index (χ2v) is 7.83. The molecule has 0 unspecified atom stereocenters. The maximum absolute atomic E-state index is 16.0. The van der Waals surface area contributed by atoms with Crippen molar-refractivity contribution in [2.45, 2.75) is 12.1 Å². The molecule has 12 heteroatoms. The molecule has 0 saturated carbocycles. The zero-order valence-corrected chi connectivity index (χ0v) is 18.0. The summed E-state index contributed by atoms with van der Waals surface area (Å²) < 4.78 is 65.6. The monoisotopic (exact) mass is 480 g/mol. The number of halogens is 4. The van der Waals surface area contributed by atoms with Crippen LogP contribution in [0.3, 0.4) is 0 Å². The van der Waals surface area contributed by atoms with Crippen molar-refractivity contribution in [3.05, 3.63) is 63.5 Å². The van der Waals surface area contributed by atoms with Gasteiger partial charge in [0.2, 0.25) is 5.43 Å². The second kappa shape index (κ2) is 8.61. The predicted octanol–water partition coefficient (Wildman–Crippen LogP) is 2.25. The van der Waals surface area contributed by atoms with Crippen LogP contribution in [0, 0.1) is 23.3 Å². The van der Waals surface area contributed by atoms with E-state index in [1.54, 1.807) is 7.05 Å². The first-order chi connectivity index (χ1) is 16.1. The topological polar surface area (TPSA) is 110 Å². The van der Waals surface area contributed by atoms with Gasteiger partial charge >= 0.3 is 5.97 Å². The minimum Gasteiger partial charge on any atom is -0.477 e. The number of fused-ring (bicyclic) bond motifs is 1. The highest BCUT2D eigenvalue weighted by Crippen LogP contribution is 2.38. The Morgan fingerprint density at radius 2 is 1.91 bits per heavy atom. The zero-order valence-electron chi connectivity index (χ0n) is 18.0. The molecule has 0 bridgehead atoms. The Hall–Kier alpha value is -3.64. The van der Waals surface area contributed by atoms with Gasteiger partial charge in [-0.05, 0) is 19.2 Å². The number of nitrogens with two attached hydrogens (primary N) is 1. The summed E-state index contributed by atoms with van der Waals surface area (Å²) in [6, 6.07) is 2.03. The van der Waals surface area contributed by atoms with Crippen molar-refractivity contribution in [3.63, 3.8) is 0 Å². The van der Waals surface area contributed by atoms with Crippen LogP contribution in [-0.4, -0.2) is 55.0 Å². The minimum absolute atomic E-state index is 0.0726. The largest absolute Gasteiger partial charge is 0.477 e. The number of hydrogen-bond acceptors (Lipinski definition) is 6. The number of nitrogens with one attached hydrogen (secondary N) is 1. The normalized spacial score (nSPS) is 18.1. The molecule has 8 nitrogen and oxygen atoms in total. The number of carbonyl (C=O) groups is 1. The van der Waals surface area contributed by atoms with Gasteiger partial charge < -0.3 is 30.4 Å². The molecule has 0 amide bonds. The van der Waals surface area contributed by atoms with Gasteiger partial charge in [0.25, 0.3) is 0 Å². The quantitative estimate of drug-likeness (QED) is 0.380. The average Bonchev–Trinajstić information content (AvgIpc) is 3.20. The van der Waals surface area contributed by atoms with Crippen molar-refractivity contribution in [1.29, 1.82) is 0 Å². The highest BCUT2D eigenvalue weighted by atomic mass is 19.1. The van der Waals surface area contributed by atoms with E-state index in [9.17, 15) is 23.5 Å². The molecular weight excluding hydrogens is 460 g/mol. The number of anilines is 2. The van der Waals surface area contributed by atoms with Gasteiger partial charge in [0, 0.05) is 32.5 Å². The summed E-state index contributed by atoms with van der Waals surface area (Å²) in [4.78, 5) is 25.8. The molecule has 0 aliphatic carbocycles. The summed E-state index contributed by atoms with van der Waals surface area (Å²) >= 11 is 0. The standard InChI is InChI=1S/C22H20F4N4O4/c1-28-12-7-29(8-14(12)34-2)20-16(25)18(27)15-19(17(20)26)30(6-10(21(15)31)22(32)33)13-4-3-9(23)5-11(13)24/h3-6,12,14,28H,7-8,27H2,1-2H3,(H,32,33)/t12-,14+/m1/s1. The second-order valence-electron chi connectivity index (χ2n) is 7.83. The molecule has 0 spiro atoms. The van der Waals surface area contributed by atoms with E-state index < -0.39 is 74.3 Å². The van der Waals surface area contributed by atoms with Crippen molar-refractivity contribution < 1.29 is 32.2 Å². The lowest BCUT2D eigenvalue weighted by Gasteiger charge is -2.23. The number of methoxy groups -OCH3 is 1. The number of pyridine rings is 1. The summed E-state index contributed by atoms with van der Waals surface area (Å²) in [5, 5.41) is 11.7. The summed E-state index contributed by atoms with van der Waals surface area (Å²) in [7, 11) is 3.10. The fraction of sp³-hybridized carbons (Fsp3) is 0.273. The molecule has 1 aromatic heterocycles. The van der Waals surface area contributed by atoms with Crippen molar-refractivity contribution in [1.82, 2.24) is 9.88 Å². The van der Waals surface area contributed by atoms with Crippen molar-refractivity contribution in [2.75, 3.05) is 37.9 Å². The number of aromatic nitrogens is 1. The van der Waals surface area contributed by atoms with Gasteiger partial charge in [0.05, 0.1) is 34.4 Å². The van der Waals surface area contributed by atoms with Gasteiger partial charge in [-0.3, -0.25) is 4.79 Å². The summed E-state index contributed by atoms with van der Waals surface area (Å²) in [6.45, 7) is 0.194. The molecule has 180 valence electrons. The maximum Gasteiger partial charge on any atom is 0.341 e. The van der Waals surface area contributed by atoms with Crippen LogP contribution in [0.4, 0.5) is 28.9 Å². The number of benzene rings is 2. The third-order valence-electron chi connectivity index (χ3n) is 5.99. The predicted molar refractivity (Wildman–Crippen MR) is 117 cm³/mol. The molecule has 4 rings (SSSR count). The first-order valence-electron chi connectivity index (χ1n) is 10.1. The van der Waals surface area contributed by atoms with E-state index in [0.717, 1.165) is 16.7 Å². The number of likely N-dealkylation sites (N-methyl/N-ethyl adjacent to an activating group) is 1. The van der Waals surface area contributed by atoms with Crippen LogP contribution in [0.25, 0.3) is 16.6 Å². The van der Waals surface area contributed by atoms with E-state index in [4.69, 9.17) is 10.5 Å². The lowest BCUT2D eigenvalue weighted by molar-refractivity contribution is 0.0695. The van der Waals surface area contributed by atoms with Crippen LogP contribution in [0.5, 0.6) is 0 Å². The number of nitrogen functional groups attached to an aromatic ring is 1. The zero-order chi connectivity index (χ0) is 24.9. The van der Waals surface area contributed by atoms with E-state index in [1.807, 2.05) is 0 Å². The maximum atomic E-state index is 16.0. The van der Waals surface area contributed by atoms with E-state index in [0.29, 0.717) is 12.3 Å². The molecular formula is C22H20F4N4O4. The average molecular weight is 480 g/mol. The van der Waals surface area contributed by atoms with Gasteiger partial charge in [-0.1, -0.05) is 0 Å². The smallest absolute Gasteiger partial charge is 0.341 e. The molecule has 2 atom stereocenters. The van der Waals surface area contributed by atoms with Crippen LogP contribution >= 0.6 is 0 Å². The Bertz CT molecular complexity index is 1370. The van der Waals surface area contributed by atoms with Crippen molar-refractivity contribution >= 4 is 28.2 Å². The first kappa shape index (κ1) is 23.5. The number of carboxylic acid groups (broad SMARTS) is 1. The molecule has 34 heavy (non-hydrogen) atoms. The first-order valence-corrected chi connectivity index (χ1v) is 10.1. The van der Waals surface area contributed by atoms with Gasteiger partial charge in [-0.15, -0.1) is 0 Å². The molecule has 1 saturated heterocycles. The highest BCUT2D eigenvalue weighted by molar-refractivity contribution is 6.00. The van der Waals surface area contributed by atoms with Gasteiger partial charge in [-0.2, -0.15) is 0 Å². The number of rotatable bonds is 5. The fourth-order valence-electron chi connectivity index (χ4n) is 4.30. The van der Waals surface area contributed by atoms with E-state index in [2.05, 4.69) is 5.32 Å². The molecule has 4 N–H and O–H groups in total. The number of ether oxygens (including phenoxy) is 1. The summed E-state index contributed by atoms with van der Waals surface area (Å²) in [5.41, 5.74) is 1.27. The van der Waals surface area contributed by atoms with Crippen LogP contribution in [0.15, 0.2) is 29.2 Å². The van der Waals surface area contributed by atoms with Gasteiger partial charge in [-0.25, -0.2) is 22.4 Å². The SMILES string of the molecule is CN[C@@H]1CN(c2c(F)c(N)c3c(=O)c(C(=O)O)cn(-c4ccc(F)cc4F)c3c2F)C[C@@H]1OC. The van der Waals surface area contributed by atoms with Gasteiger partial charge in [0.15, 0.2) is 11.6 Å². The van der Waals surface area contributed by atoms with Crippen LogP contribution in [0.1, 0.15) is 10.4 Å². The molecule has 1 aliphatic rings. The molecule has 0 radical (unpaired) electrons. The van der Waals surface area contributed by atoms with Gasteiger partial charge in [0.1, 0.15) is 22.9 Å². The molecule has 2 aromatic carbocycles. The number of nitrogens with zero attached hydrogens (tertiary/aromatic N) is 2. The van der Waals surface area contributed by atoms with Crippen molar-refractivity contribution in [2.24, 2.45) is 0 Å². The van der Waals surface area contributed by atoms with Crippen LogP contribution in [-0.2, 0) is 4.74 Å². The third-order valence-corrected chi connectivity index (χ3v) is 5.99. The Labute approximate surface area is 190 Å². The van der Waals surface area contributed by atoms with E-state index in [1.165, 1.54) is 12.0 Å². The number of aromatic carboxylic acids is 1. The van der Waals surface area contributed by atoms with Crippen LogP contribution < -0.4 is 21.4 Å². The lowest BCUT2D eigenvalue weighted by Crippen LogP contribution is -2.37. The van der Waals surface area contributed by atoms with Crippen molar-refractivity contribution in [3.8, 4) is 5.69 Å². The Balaban J connectivity index is 2.11. The highest BCUT2D eigenvalue weighted by Gasteiger charge is 2.37. The Kier molecular flexibility index (Phi) is 5.96. The Morgan fingerprint density at radius 1 is 1.21 bits per heavy atom. The summed E-state index contributed by atoms with van der Waals surface area (Å²) in [5.74, 6) is -6.33. The molecule has 2 heterocycles. The molecule has 3 aromatic rings. The lowest BCUT2D eigenvalue weighted by atomic mass is 10.1. The van der Waals surface area contributed by atoms with Crippen LogP contribution in [0.2, 0.25) is 0 Å². The molecule has 1 fully saturated rings.